The minimum absolute atomic E-state index is 0.0170. The van der Waals surface area contributed by atoms with E-state index in [9.17, 15) is 9.59 Å². The van der Waals surface area contributed by atoms with E-state index < -0.39 is 0 Å². The molecule has 2 heterocycles. The number of hydrogen-bond donors (Lipinski definition) is 1. The van der Waals surface area contributed by atoms with E-state index in [1.165, 1.54) is 31.0 Å². The Morgan fingerprint density at radius 2 is 2.00 bits per heavy atom. The van der Waals surface area contributed by atoms with Crippen molar-refractivity contribution in [2.24, 2.45) is 0 Å². The highest BCUT2D eigenvalue weighted by Crippen LogP contribution is 2.34. The van der Waals surface area contributed by atoms with E-state index in [0.29, 0.717) is 28.7 Å². The zero-order chi connectivity index (χ0) is 20.2. The number of thioether (sulfide) groups is 2. The number of nitrogens with zero attached hydrogens (tertiary/aromatic N) is 2. The summed E-state index contributed by atoms with van der Waals surface area (Å²) in [5.41, 5.74) is 1.95. The van der Waals surface area contributed by atoms with E-state index in [0.717, 1.165) is 35.4 Å². The Labute approximate surface area is 180 Å². The molecule has 0 saturated heterocycles. The summed E-state index contributed by atoms with van der Waals surface area (Å²) in [6.07, 6.45) is 6.60. The third-order valence-electron chi connectivity index (χ3n) is 5.45. The Bertz CT molecular complexity index is 924. The first-order chi connectivity index (χ1) is 14.1. The molecule has 1 aliphatic heterocycles. The van der Waals surface area contributed by atoms with Crippen LogP contribution in [0.4, 0.5) is 0 Å². The predicted molar refractivity (Wildman–Crippen MR) is 119 cm³/mol. The lowest BCUT2D eigenvalue weighted by Gasteiger charge is -2.22. The summed E-state index contributed by atoms with van der Waals surface area (Å²) >= 11 is 2.99. The Hall–Kier alpha value is -1.73. The number of benzene rings is 1. The van der Waals surface area contributed by atoms with Crippen LogP contribution in [0.5, 0.6) is 0 Å². The minimum atomic E-state index is 0.0170. The van der Waals surface area contributed by atoms with Gasteiger partial charge in [-0.05, 0) is 18.4 Å². The molecule has 1 aliphatic carbocycles. The molecule has 1 aromatic carbocycles. The molecule has 1 atom stereocenters. The maximum atomic E-state index is 13.2. The van der Waals surface area contributed by atoms with Crippen LogP contribution in [0, 0.1) is 0 Å². The summed E-state index contributed by atoms with van der Waals surface area (Å²) in [5.74, 6) is 0.324. The number of carbonyl (C=O) groups excluding carboxylic acids is 1. The van der Waals surface area contributed by atoms with Gasteiger partial charge in [-0.15, -0.1) is 11.8 Å². The molecular weight excluding hydrogens is 402 g/mol. The van der Waals surface area contributed by atoms with Crippen molar-refractivity contribution in [1.82, 2.24) is 14.9 Å². The van der Waals surface area contributed by atoms with Gasteiger partial charge in [0.15, 0.2) is 5.16 Å². The van der Waals surface area contributed by atoms with E-state index in [1.54, 1.807) is 16.3 Å². The lowest BCUT2D eigenvalue weighted by molar-refractivity contribution is -0.119. The van der Waals surface area contributed by atoms with Crippen LogP contribution in [0.25, 0.3) is 0 Å². The number of hydrogen-bond acceptors (Lipinski definition) is 5. The van der Waals surface area contributed by atoms with Gasteiger partial charge >= 0.3 is 0 Å². The maximum absolute atomic E-state index is 13.2. The van der Waals surface area contributed by atoms with Crippen molar-refractivity contribution in [3.05, 3.63) is 51.9 Å². The first-order valence-electron chi connectivity index (χ1n) is 10.4. The van der Waals surface area contributed by atoms with Crippen molar-refractivity contribution < 1.29 is 4.79 Å². The quantitative estimate of drug-likeness (QED) is 0.558. The van der Waals surface area contributed by atoms with Gasteiger partial charge in [-0.3, -0.25) is 14.2 Å². The lowest BCUT2D eigenvalue weighted by atomic mass is 9.95. The number of amides is 1. The van der Waals surface area contributed by atoms with Crippen molar-refractivity contribution in [1.29, 1.82) is 0 Å². The van der Waals surface area contributed by atoms with Crippen LogP contribution in [0.1, 0.15) is 50.3 Å². The summed E-state index contributed by atoms with van der Waals surface area (Å²) in [6.45, 7) is 2.60. The van der Waals surface area contributed by atoms with Gasteiger partial charge in [0, 0.05) is 17.7 Å². The SMILES string of the molecule is CC1Cc2nc(SCC(=O)NC3CCCCC3)n(Cc3ccccc3)c(=O)c2S1. The number of nitrogens with one attached hydrogen (secondary N) is 1. The fourth-order valence-electron chi connectivity index (χ4n) is 3.99. The first kappa shape index (κ1) is 20.5. The molecular formula is C22H27N3O2S2. The molecule has 5 nitrogen and oxygen atoms in total. The van der Waals surface area contributed by atoms with Gasteiger partial charge < -0.3 is 5.32 Å². The van der Waals surface area contributed by atoms with Gasteiger partial charge in [-0.2, -0.15) is 0 Å². The number of fused-ring (bicyclic) bond motifs is 1. The van der Waals surface area contributed by atoms with Gasteiger partial charge in [0.05, 0.1) is 22.9 Å². The molecule has 7 heteroatoms. The van der Waals surface area contributed by atoms with Crippen LogP contribution in [-0.2, 0) is 17.8 Å². The monoisotopic (exact) mass is 429 g/mol. The van der Waals surface area contributed by atoms with Crippen LogP contribution in [0.3, 0.4) is 0 Å². The van der Waals surface area contributed by atoms with Crippen LogP contribution in [0.2, 0.25) is 0 Å². The van der Waals surface area contributed by atoms with Gasteiger partial charge in [-0.1, -0.05) is 68.3 Å². The molecule has 0 spiro atoms. The van der Waals surface area contributed by atoms with E-state index >= 15 is 0 Å². The molecule has 1 fully saturated rings. The van der Waals surface area contributed by atoms with Crippen LogP contribution in [-0.4, -0.2) is 32.5 Å². The predicted octanol–water partition coefficient (Wildman–Crippen LogP) is 3.87. The Balaban J connectivity index is 1.53. The largest absolute Gasteiger partial charge is 0.353 e. The third-order valence-corrected chi connectivity index (χ3v) is 7.64. The van der Waals surface area contributed by atoms with E-state index in [2.05, 4.69) is 12.2 Å². The maximum Gasteiger partial charge on any atom is 0.268 e. The summed E-state index contributed by atoms with van der Waals surface area (Å²) in [4.78, 5) is 31.2. The van der Waals surface area contributed by atoms with Crippen LogP contribution in [0.15, 0.2) is 45.2 Å². The molecule has 154 valence electrons. The fraction of sp³-hybridized carbons (Fsp3) is 0.500. The summed E-state index contributed by atoms with van der Waals surface area (Å²) in [7, 11) is 0. The highest BCUT2D eigenvalue weighted by atomic mass is 32.2. The molecule has 2 aromatic rings. The topological polar surface area (TPSA) is 64.0 Å². The van der Waals surface area contributed by atoms with Crippen molar-refractivity contribution in [2.45, 2.75) is 73.3 Å². The average Bonchev–Trinajstić information content (AvgIpc) is 3.11. The molecule has 4 rings (SSSR count). The Kier molecular flexibility index (Phi) is 6.65. The summed E-state index contributed by atoms with van der Waals surface area (Å²) < 4.78 is 1.73. The van der Waals surface area contributed by atoms with Crippen molar-refractivity contribution >= 4 is 29.4 Å². The molecule has 29 heavy (non-hydrogen) atoms. The highest BCUT2D eigenvalue weighted by molar-refractivity contribution is 8.00. The molecule has 2 aliphatic rings. The minimum Gasteiger partial charge on any atom is -0.353 e. The second-order valence-electron chi connectivity index (χ2n) is 7.87. The van der Waals surface area contributed by atoms with Gasteiger partial charge in [-0.25, -0.2) is 4.98 Å². The second kappa shape index (κ2) is 9.39. The van der Waals surface area contributed by atoms with Crippen molar-refractivity contribution in [3.63, 3.8) is 0 Å². The average molecular weight is 430 g/mol. The second-order valence-corrected chi connectivity index (χ2v) is 10.3. The Morgan fingerprint density at radius 1 is 1.24 bits per heavy atom. The van der Waals surface area contributed by atoms with Gasteiger partial charge in [0.2, 0.25) is 5.91 Å². The molecule has 1 amide bonds. The molecule has 1 N–H and O–H groups in total. The first-order valence-corrected chi connectivity index (χ1v) is 12.2. The van der Waals surface area contributed by atoms with E-state index in [1.807, 2.05) is 30.3 Å². The Morgan fingerprint density at radius 3 is 2.76 bits per heavy atom. The third kappa shape index (κ3) is 5.07. The van der Waals surface area contributed by atoms with Gasteiger partial charge in [0.1, 0.15) is 0 Å². The smallest absolute Gasteiger partial charge is 0.268 e. The highest BCUT2D eigenvalue weighted by Gasteiger charge is 2.26. The van der Waals surface area contributed by atoms with E-state index in [-0.39, 0.29) is 11.5 Å². The fourth-order valence-corrected chi connectivity index (χ4v) is 5.93. The van der Waals surface area contributed by atoms with Crippen molar-refractivity contribution in [2.75, 3.05) is 5.75 Å². The molecule has 1 saturated carbocycles. The van der Waals surface area contributed by atoms with Crippen molar-refractivity contribution in [3.8, 4) is 0 Å². The molecule has 1 unspecified atom stereocenters. The standard InChI is InChI=1S/C22H27N3O2S2/c1-15-12-18-20(29-15)21(27)25(13-16-8-4-2-5-9-16)22(24-18)28-14-19(26)23-17-10-6-3-7-11-17/h2,4-5,8-9,15,17H,3,6-7,10-14H2,1H3,(H,23,26). The molecule has 0 bridgehead atoms. The zero-order valence-electron chi connectivity index (χ0n) is 16.7. The zero-order valence-corrected chi connectivity index (χ0v) is 18.4. The lowest BCUT2D eigenvalue weighted by Crippen LogP contribution is -2.37. The van der Waals surface area contributed by atoms with Gasteiger partial charge in [0.25, 0.3) is 5.56 Å². The number of aromatic nitrogens is 2. The number of carbonyl (C=O) groups is 1. The number of rotatable bonds is 6. The molecule has 1 aromatic heterocycles. The van der Waals surface area contributed by atoms with Crippen LogP contribution < -0.4 is 10.9 Å². The van der Waals surface area contributed by atoms with E-state index in [4.69, 9.17) is 4.98 Å². The van der Waals surface area contributed by atoms with Crippen LogP contribution >= 0.6 is 23.5 Å². The molecule has 0 radical (unpaired) electrons. The normalized spacial score (nSPS) is 19.1. The summed E-state index contributed by atoms with van der Waals surface area (Å²) in [6, 6.07) is 10.2. The summed E-state index contributed by atoms with van der Waals surface area (Å²) in [5, 5.41) is 4.16.